The first-order valence-electron chi connectivity index (χ1n) is 5.17. The third-order valence-corrected chi connectivity index (χ3v) is 2.47. The van der Waals surface area contributed by atoms with Crippen LogP contribution in [0.2, 0.25) is 0 Å². The molecule has 1 aromatic carbocycles. The second kappa shape index (κ2) is 5.05. The zero-order valence-electron chi connectivity index (χ0n) is 8.46. The molecule has 2 rings (SSSR count). The third-order valence-electron chi connectivity index (χ3n) is 2.47. The van der Waals surface area contributed by atoms with Crippen molar-refractivity contribution < 1.29 is 14.3 Å². The van der Waals surface area contributed by atoms with E-state index < -0.39 is 6.29 Å². The molecule has 80 valence electrons. The lowest BCUT2D eigenvalue weighted by Gasteiger charge is -2.17. The summed E-state index contributed by atoms with van der Waals surface area (Å²) in [4.78, 5) is 10.6. The Bertz CT molecular complexity index is 310. The maximum atomic E-state index is 10.6. The molecule has 0 saturated carbocycles. The van der Waals surface area contributed by atoms with Gasteiger partial charge >= 0.3 is 0 Å². The molecule has 1 heterocycles. The minimum Gasteiger partial charge on any atom is -0.346 e. The summed E-state index contributed by atoms with van der Waals surface area (Å²) in [6, 6.07) is 9.93. The zero-order valence-corrected chi connectivity index (χ0v) is 8.46. The summed E-state index contributed by atoms with van der Waals surface area (Å²) < 4.78 is 10.8. The van der Waals surface area contributed by atoms with Gasteiger partial charge in [0.1, 0.15) is 0 Å². The van der Waals surface area contributed by atoms with Crippen LogP contribution in [-0.4, -0.2) is 19.2 Å². The van der Waals surface area contributed by atoms with Crippen molar-refractivity contribution in [3.8, 4) is 0 Å². The highest BCUT2D eigenvalue weighted by molar-refractivity contribution is 5.53. The summed E-state index contributed by atoms with van der Waals surface area (Å²) in [5.74, 6) is 0. The van der Waals surface area contributed by atoms with Crippen LogP contribution in [0.15, 0.2) is 30.3 Å². The van der Waals surface area contributed by atoms with Crippen molar-refractivity contribution in [2.75, 3.05) is 6.61 Å². The van der Waals surface area contributed by atoms with Crippen LogP contribution in [-0.2, 0) is 14.3 Å². The van der Waals surface area contributed by atoms with E-state index in [9.17, 15) is 4.79 Å². The minimum absolute atomic E-state index is 0.0242. The molecule has 0 radical (unpaired) electrons. The summed E-state index contributed by atoms with van der Waals surface area (Å²) in [5, 5.41) is 0. The first kappa shape index (κ1) is 10.3. The van der Waals surface area contributed by atoms with Crippen LogP contribution in [0.3, 0.4) is 0 Å². The quantitative estimate of drug-likeness (QED) is 0.695. The smallest absolute Gasteiger partial charge is 0.215 e. The Balaban J connectivity index is 2.10. The van der Waals surface area contributed by atoms with Crippen molar-refractivity contribution >= 4 is 6.29 Å². The fourth-order valence-corrected chi connectivity index (χ4v) is 1.72. The molecule has 0 bridgehead atoms. The molecule has 3 heteroatoms. The van der Waals surface area contributed by atoms with Gasteiger partial charge in [-0.15, -0.1) is 0 Å². The molecule has 1 aliphatic rings. The molecule has 1 fully saturated rings. The SMILES string of the molecule is O=CC1OCCCC(c2ccccc2)O1. The third kappa shape index (κ3) is 2.64. The zero-order chi connectivity index (χ0) is 10.5. The van der Waals surface area contributed by atoms with Gasteiger partial charge in [0, 0.05) is 0 Å². The average molecular weight is 206 g/mol. The molecule has 1 aliphatic heterocycles. The number of benzene rings is 1. The normalized spacial score (nSPS) is 26.9. The van der Waals surface area contributed by atoms with Crippen LogP contribution in [0.1, 0.15) is 24.5 Å². The van der Waals surface area contributed by atoms with Gasteiger partial charge < -0.3 is 9.47 Å². The second-order valence-corrected chi connectivity index (χ2v) is 3.55. The Morgan fingerprint density at radius 1 is 1.27 bits per heavy atom. The standard InChI is InChI=1S/C12H14O3/c13-9-12-14-8-4-7-11(15-12)10-5-2-1-3-6-10/h1-3,5-6,9,11-12H,4,7-8H2. The van der Waals surface area contributed by atoms with Gasteiger partial charge in [-0.05, 0) is 18.4 Å². The van der Waals surface area contributed by atoms with Crippen LogP contribution in [0.25, 0.3) is 0 Å². The fourth-order valence-electron chi connectivity index (χ4n) is 1.72. The van der Waals surface area contributed by atoms with Crippen LogP contribution in [0.4, 0.5) is 0 Å². The second-order valence-electron chi connectivity index (χ2n) is 3.55. The van der Waals surface area contributed by atoms with E-state index in [4.69, 9.17) is 9.47 Å². The number of ether oxygens (including phenoxy) is 2. The van der Waals surface area contributed by atoms with E-state index in [0.29, 0.717) is 12.9 Å². The van der Waals surface area contributed by atoms with Gasteiger partial charge in [0.2, 0.25) is 6.29 Å². The van der Waals surface area contributed by atoms with Gasteiger partial charge in [0.05, 0.1) is 12.7 Å². The van der Waals surface area contributed by atoms with Crippen molar-refractivity contribution in [1.29, 1.82) is 0 Å². The molecule has 0 aromatic heterocycles. The van der Waals surface area contributed by atoms with E-state index in [1.165, 1.54) is 0 Å². The molecular formula is C12H14O3. The van der Waals surface area contributed by atoms with Gasteiger partial charge in [-0.2, -0.15) is 0 Å². The van der Waals surface area contributed by atoms with E-state index in [0.717, 1.165) is 18.4 Å². The van der Waals surface area contributed by atoms with E-state index >= 15 is 0 Å². The molecule has 0 aliphatic carbocycles. The lowest BCUT2D eigenvalue weighted by molar-refractivity contribution is -0.164. The topological polar surface area (TPSA) is 35.5 Å². The molecule has 1 aromatic rings. The largest absolute Gasteiger partial charge is 0.346 e. The summed E-state index contributed by atoms with van der Waals surface area (Å²) in [6.07, 6.45) is 1.79. The Morgan fingerprint density at radius 3 is 2.80 bits per heavy atom. The first-order valence-corrected chi connectivity index (χ1v) is 5.17. The predicted octanol–water partition coefficient (Wildman–Crippen LogP) is 2.08. The van der Waals surface area contributed by atoms with Gasteiger partial charge in [-0.3, -0.25) is 4.79 Å². The number of carbonyl (C=O) groups excluding carboxylic acids is 1. The molecule has 15 heavy (non-hydrogen) atoms. The number of hydrogen-bond acceptors (Lipinski definition) is 3. The molecule has 1 saturated heterocycles. The Labute approximate surface area is 89.0 Å². The summed E-state index contributed by atoms with van der Waals surface area (Å²) in [6.45, 7) is 0.590. The number of carbonyl (C=O) groups is 1. The van der Waals surface area contributed by atoms with Gasteiger partial charge in [-0.25, -0.2) is 0 Å². The summed E-state index contributed by atoms with van der Waals surface area (Å²) >= 11 is 0. The van der Waals surface area contributed by atoms with Crippen LogP contribution in [0, 0.1) is 0 Å². The molecule has 2 atom stereocenters. The molecule has 0 amide bonds. The van der Waals surface area contributed by atoms with Crippen molar-refractivity contribution in [1.82, 2.24) is 0 Å². The summed E-state index contributed by atoms with van der Waals surface area (Å²) in [5.41, 5.74) is 1.11. The van der Waals surface area contributed by atoms with Crippen LogP contribution < -0.4 is 0 Å². The van der Waals surface area contributed by atoms with E-state index in [2.05, 4.69) is 0 Å². The van der Waals surface area contributed by atoms with E-state index in [-0.39, 0.29) is 6.10 Å². The molecular weight excluding hydrogens is 192 g/mol. The van der Waals surface area contributed by atoms with Gasteiger partial charge in [0.25, 0.3) is 0 Å². The highest BCUT2D eigenvalue weighted by atomic mass is 16.7. The van der Waals surface area contributed by atoms with Crippen LogP contribution in [0.5, 0.6) is 0 Å². The fraction of sp³-hybridized carbons (Fsp3) is 0.417. The molecule has 0 N–H and O–H groups in total. The van der Waals surface area contributed by atoms with Crippen LogP contribution >= 0.6 is 0 Å². The first-order chi connectivity index (χ1) is 7.40. The highest BCUT2D eigenvalue weighted by Gasteiger charge is 2.21. The van der Waals surface area contributed by atoms with Gasteiger partial charge in [-0.1, -0.05) is 30.3 Å². The number of hydrogen-bond donors (Lipinski definition) is 0. The Morgan fingerprint density at radius 2 is 2.07 bits per heavy atom. The monoisotopic (exact) mass is 206 g/mol. The van der Waals surface area contributed by atoms with Crippen molar-refractivity contribution in [3.05, 3.63) is 35.9 Å². The van der Waals surface area contributed by atoms with Gasteiger partial charge in [0.15, 0.2) is 6.29 Å². The lowest BCUT2D eigenvalue weighted by Crippen LogP contribution is -2.18. The van der Waals surface area contributed by atoms with Crippen molar-refractivity contribution in [3.63, 3.8) is 0 Å². The van der Waals surface area contributed by atoms with E-state index in [1.54, 1.807) is 0 Å². The number of aldehydes is 1. The maximum Gasteiger partial charge on any atom is 0.215 e. The van der Waals surface area contributed by atoms with Crippen molar-refractivity contribution in [2.45, 2.75) is 25.2 Å². The maximum absolute atomic E-state index is 10.6. The minimum atomic E-state index is -0.710. The molecule has 0 spiro atoms. The highest BCUT2D eigenvalue weighted by Crippen LogP contribution is 2.26. The predicted molar refractivity (Wildman–Crippen MR) is 55.3 cm³/mol. The summed E-state index contributed by atoms with van der Waals surface area (Å²) in [7, 11) is 0. The number of rotatable bonds is 2. The Hall–Kier alpha value is -1.19. The average Bonchev–Trinajstić information content (AvgIpc) is 2.55. The molecule has 3 nitrogen and oxygen atoms in total. The van der Waals surface area contributed by atoms with E-state index in [1.807, 2.05) is 30.3 Å². The van der Waals surface area contributed by atoms with Crippen molar-refractivity contribution in [2.24, 2.45) is 0 Å². The molecule has 2 unspecified atom stereocenters. The Kier molecular flexibility index (Phi) is 3.48. The lowest BCUT2D eigenvalue weighted by atomic mass is 10.1.